The molecule has 1 N–H and O–H groups in total. The molecular weight excluding hydrogens is 703 g/mol. The summed E-state index contributed by atoms with van der Waals surface area (Å²) in [5.74, 6) is 3.73. The van der Waals surface area contributed by atoms with Crippen molar-refractivity contribution in [1.82, 2.24) is 24.2 Å². The van der Waals surface area contributed by atoms with Gasteiger partial charge in [0.05, 0.1) is 50.1 Å². The van der Waals surface area contributed by atoms with Gasteiger partial charge in [-0.15, -0.1) is 5.54 Å². The Kier molecular flexibility index (Phi) is 8.12. The van der Waals surface area contributed by atoms with Crippen LogP contribution in [-0.4, -0.2) is 49.3 Å². The molecule has 8 rings (SSSR count). The number of carbonyl (C=O) groups excluding carboxylic acids is 1. The Labute approximate surface area is 329 Å². The van der Waals surface area contributed by atoms with Gasteiger partial charge in [-0.1, -0.05) is 72.1 Å². The molecule has 2 aromatic heterocycles. The number of amides is 1. The number of imidazole rings is 1. The predicted octanol–water partition coefficient (Wildman–Crippen LogP) is 10.00. The number of pyridine rings is 1. The number of hydrogen-bond donors (Lipinski definition) is 1. The van der Waals surface area contributed by atoms with Gasteiger partial charge >= 0.3 is 0 Å². The van der Waals surface area contributed by atoms with E-state index >= 15 is 0 Å². The first-order valence-corrected chi connectivity index (χ1v) is 23.3. The highest BCUT2D eigenvalue weighted by atomic mass is 32.2. The fourth-order valence-electron chi connectivity index (χ4n) is 10.6. The van der Waals surface area contributed by atoms with Gasteiger partial charge in [0.1, 0.15) is 13.9 Å². The van der Waals surface area contributed by atoms with Gasteiger partial charge in [0.15, 0.2) is 0 Å². The van der Waals surface area contributed by atoms with Gasteiger partial charge in [-0.05, 0) is 104 Å². The third kappa shape index (κ3) is 5.68. The van der Waals surface area contributed by atoms with Crippen molar-refractivity contribution in [3.8, 4) is 22.6 Å². The lowest BCUT2D eigenvalue weighted by molar-refractivity contribution is -0.0562. The van der Waals surface area contributed by atoms with Gasteiger partial charge in [-0.2, -0.15) is 0 Å². The maximum absolute atomic E-state index is 14.4. The molecule has 54 heavy (non-hydrogen) atoms. The molecule has 4 heterocycles. The van der Waals surface area contributed by atoms with E-state index in [0.717, 1.165) is 56.7 Å². The quantitative estimate of drug-likeness (QED) is 0.150. The van der Waals surface area contributed by atoms with E-state index in [1.54, 1.807) is 6.07 Å². The van der Waals surface area contributed by atoms with Crippen LogP contribution in [0.25, 0.3) is 22.2 Å². The fraction of sp³-hybridized carbons (Fsp3) is 0.533. The van der Waals surface area contributed by atoms with Crippen LogP contribution in [0.1, 0.15) is 150 Å². The summed E-state index contributed by atoms with van der Waals surface area (Å²) in [5.41, 5.74) is 11.5. The van der Waals surface area contributed by atoms with E-state index in [1.807, 2.05) is 51.2 Å². The van der Waals surface area contributed by atoms with Gasteiger partial charge in [-0.3, -0.25) is 9.78 Å². The van der Waals surface area contributed by atoms with Gasteiger partial charge < -0.3 is 9.47 Å². The number of fused-ring (bicyclic) bond motifs is 9. The molecule has 2 aliphatic carbocycles. The molecule has 2 saturated carbocycles. The average molecular weight is 763 g/mol. The number of carbonyl (C=O) groups is 1. The highest BCUT2D eigenvalue weighted by Crippen LogP contribution is 2.64. The van der Waals surface area contributed by atoms with E-state index in [1.165, 1.54) is 19.3 Å². The van der Waals surface area contributed by atoms with E-state index in [-0.39, 0.29) is 6.04 Å². The third-order valence-electron chi connectivity index (χ3n) is 13.5. The molecule has 2 fully saturated rings. The zero-order chi connectivity index (χ0) is 41.0. The Morgan fingerprint density at radius 2 is 1.69 bits per heavy atom. The van der Waals surface area contributed by atoms with Crippen LogP contribution in [0.5, 0.6) is 0 Å². The summed E-state index contributed by atoms with van der Waals surface area (Å²) in [6.45, 7) is 17.1. The smallest absolute Gasteiger partial charge is 0.254 e. The molecule has 4 aromatic rings. The molecule has 3 atom stereocenters. The lowest BCUT2D eigenvalue weighted by Gasteiger charge is -2.61. The summed E-state index contributed by atoms with van der Waals surface area (Å²) in [6, 6.07) is 14.9. The number of aromatic nitrogens is 3. The lowest BCUT2D eigenvalue weighted by Crippen LogP contribution is -2.62. The van der Waals surface area contributed by atoms with Crippen LogP contribution in [0.2, 0.25) is 16.6 Å². The summed E-state index contributed by atoms with van der Waals surface area (Å²) < 4.78 is 44.4. The van der Waals surface area contributed by atoms with E-state index in [9.17, 15) is 9.00 Å². The normalized spacial score (nSPS) is 22.9. The van der Waals surface area contributed by atoms with Crippen LogP contribution >= 0.6 is 0 Å². The van der Waals surface area contributed by atoms with Crippen molar-refractivity contribution >= 4 is 36.0 Å². The summed E-state index contributed by atoms with van der Waals surface area (Å²) >= 11 is 0. The molecule has 1 spiro atoms. The number of benzene rings is 2. The number of nitrogens with zero attached hydrogens (tertiary/aromatic N) is 4. The first kappa shape index (κ1) is 33.7. The molecule has 9 heteroatoms. The van der Waals surface area contributed by atoms with Crippen molar-refractivity contribution in [2.75, 3.05) is 6.98 Å². The standard InChI is InChI=1S/C45H57N5O2SSi/c1-28(2)54(29(3)4,30(5)6)22-19-31-13-11-14-34-40(31)37-24-38(49(10)42(34)51)41-47-35-17-15-32(23-36(35)50(37)41)33-16-18-39(46-25-33)45(48-53(52)43(7,8)9)26-44(27-45)20-12-21-44/h11,13-18,23,25,28-30,37-38,48H,12,20-21,24,26-27H2,1-10H3/t37-,38-,53?/m1/s1/i10D3. The number of nitrogens with one attached hydrogen (secondary N) is 1. The molecule has 7 nitrogen and oxygen atoms in total. The van der Waals surface area contributed by atoms with Gasteiger partial charge in [0.25, 0.3) is 5.91 Å². The Morgan fingerprint density at radius 1 is 0.981 bits per heavy atom. The minimum Gasteiger partial charge on any atom is -0.331 e. The molecule has 1 unspecified atom stereocenters. The summed E-state index contributed by atoms with van der Waals surface area (Å²) in [7, 11) is -3.36. The van der Waals surface area contributed by atoms with Crippen LogP contribution in [0.3, 0.4) is 0 Å². The second-order valence-corrected chi connectivity index (χ2v) is 26.2. The Hall–Kier alpha value is -3.58. The molecule has 0 radical (unpaired) electrons. The van der Waals surface area contributed by atoms with Gasteiger partial charge in [-0.25, -0.2) is 13.9 Å². The number of rotatable bonds is 7. The van der Waals surface area contributed by atoms with E-state index in [2.05, 4.69) is 80.5 Å². The monoisotopic (exact) mass is 762 g/mol. The van der Waals surface area contributed by atoms with E-state index in [4.69, 9.17) is 14.1 Å². The minimum absolute atomic E-state index is 0.331. The first-order chi connectivity index (χ1) is 26.7. The molecule has 2 aliphatic heterocycles. The van der Waals surface area contributed by atoms with Gasteiger partial charge in [0, 0.05) is 46.0 Å². The average Bonchev–Trinajstić information content (AvgIpc) is 3.60. The maximum Gasteiger partial charge on any atom is 0.254 e. The SMILES string of the molecule is [2H]C([2H])([2H])N1C(=O)c2cccc(C#C[Si](C(C)C)(C(C)C)C(C)C)c2[C@H]2C[C@@H]1c1nc3ccc(-c4ccc(C5(NS(=O)C(C)(C)C)CC6(CCC6)C5)nc4)cc3n12. The van der Waals surface area contributed by atoms with Crippen molar-refractivity contribution in [2.24, 2.45) is 5.41 Å². The first-order valence-electron chi connectivity index (χ1n) is 21.4. The largest absolute Gasteiger partial charge is 0.331 e. The maximum atomic E-state index is 14.4. The lowest BCUT2D eigenvalue weighted by atomic mass is 9.48. The van der Waals surface area contributed by atoms with Gasteiger partial charge in [0.2, 0.25) is 0 Å². The predicted molar refractivity (Wildman–Crippen MR) is 223 cm³/mol. The topological polar surface area (TPSA) is 80.1 Å². The van der Waals surface area contributed by atoms with Crippen LogP contribution in [0.15, 0.2) is 54.7 Å². The third-order valence-corrected chi connectivity index (χ3v) is 21.4. The van der Waals surface area contributed by atoms with E-state index < -0.39 is 48.3 Å². The summed E-state index contributed by atoms with van der Waals surface area (Å²) in [5, 5.41) is 0. The highest BCUT2D eigenvalue weighted by Gasteiger charge is 2.59. The number of hydrogen-bond acceptors (Lipinski definition) is 4. The zero-order valence-electron chi connectivity index (χ0n) is 36.3. The minimum atomic E-state index is -2.67. The molecule has 4 aliphatic rings. The Balaban J connectivity index is 1.23. The fourth-order valence-corrected chi connectivity index (χ4v) is 16.7. The zero-order valence-corrected chi connectivity index (χ0v) is 35.2. The van der Waals surface area contributed by atoms with Crippen molar-refractivity contribution < 1.29 is 13.1 Å². The van der Waals surface area contributed by atoms with Crippen molar-refractivity contribution in [3.05, 3.63) is 82.9 Å². The second kappa shape index (κ2) is 13.0. The van der Waals surface area contributed by atoms with Crippen LogP contribution in [0, 0.1) is 16.9 Å². The molecule has 284 valence electrons. The molecule has 2 aromatic carbocycles. The highest BCUT2D eigenvalue weighted by molar-refractivity contribution is 7.84. The summed E-state index contributed by atoms with van der Waals surface area (Å²) in [6.07, 6.45) is 7.93. The van der Waals surface area contributed by atoms with Crippen molar-refractivity contribution in [1.29, 1.82) is 0 Å². The van der Waals surface area contributed by atoms with Crippen LogP contribution < -0.4 is 4.72 Å². The van der Waals surface area contributed by atoms with Crippen LogP contribution in [-0.2, 0) is 16.5 Å². The van der Waals surface area contributed by atoms with Crippen molar-refractivity contribution in [3.63, 3.8) is 0 Å². The Bertz CT molecular complexity index is 2320. The Morgan fingerprint density at radius 3 is 2.28 bits per heavy atom. The molecule has 0 saturated heterocycles. The molecule has 1 amide bonds. The summed E-state index contributed by atoms with van der Waals surface area (Å²) in [4.78, 5) is 25.5. The van der Waals surface area contributed by atoms with E-state index in [0.29, 0.717) is 39.8 Å². The van der Waals surface area contributed by atoms with Crippen LogP contribution in [0.4, 0.5) is 0 Å². The van der Waals surface area contributed by atoms with Crippen molar-refractivity contribution in [2.45, 2.75) is 140 Å². The second-order valence-electron chi connectivity index (χ2n) is 18.6. The molecule has 2 bridgehead atoms. The molecular formula is C45H57N5O2SSi.